The molecule has 0 aliphatic heterocycles. The number of hydrogen-bond donors (Lipinski definition) is 2. The molecule has 0 spiro atoms. The van der Waals surface area contributed by atoms with Gasteiger partial charge in [-0.2, -0.15) is 5.10 Å². The maximum Gasteiger partial charge on any atom is 0.224 e. The van der Waals surface area contributed by atoms with Gasteiger partial charge in [0.25, 0.3) is 0 Å². The van der Waals surface area contributed by atoms with Gasteiger partial charge in [-0.3, -0.25) is 9.89 Å². The summed E-state index contributed by atoms with van der Waals surface area (Å²) in [5, 5.41) is 16.5. The molecule has 2 N–H and O–H groups in total. The van der Waals surface area contributed by atoms with Crippen LogP contribution in [-0.4, -0.2) is 26.1 Å². The first kappa shape index (κ1) is 15.4. The topological polar surface area (TPSA) is 92.0 Å². The number of hydrogen-bond acceptors (Lipinski definition) is 6. The minimum atomic E-state index is -0.477. The van der Waals surface area contributed by atoms with Crippen LogP contribution in [0.5, 0.6) is 0 Å². The number of carbonyl (C=O) groups excluding carboxylic acids is 1. The molecule has 0 aliphatic rings. The maximum absolute atomic E-state index is 12.0. The van der Waals surface area contributed by atoms with Crippen LogP contribution in [0.2, 0.25) is 5.02 Å². The van der Waals surface area contributed by atoms with Crippen LogP contribution >= 0.6 is 23.4 Å². The number of halogens is 1. The van der Waals surface area contributed by atoms with E-state index in [2.05, 4.69) is 15.2 Å². The number of H-pyrrole nitrogens is 1. The Labute approximate surface area is 140 Å². The van der Waals surface area contributed by atoms with Crippen LogP contribution in [0.15, 0.2) is 63.2 Å². The van der Waals surface area contributed by atoms with Crippen molar-refractivity contribution in [1.29, 1.82) is 0 Å². The van der Waals surface area contributed by atoms with E-state index < -0.39 is 5.78 Å². The fourth-order valence-corrected chi connectivity index (χ4v) is 2.66. The number of aromatic amines is 1. The Bertz CT molecular complexity index is 841. The lowest BCUT2D eigenvalue weighted by Gasteiger charge is -1.97. The Morgan fingerprint density at radius 2 is 2.09 bits per heavy atom. The van der Waals surface area contributed by atoms with E-state index in [0.29, 0.717) is 5.02 Å². The van der Waals surface area contributed by atoms with E-state index >= 15 is 0 Å². The molecule has 3 aromatic rings. The zero-order chi connectivity index (χ0) is 16.2. The molecule has 2 heterocycles. The summed E-state index contributed by atoms with van der Waals surface area (Å²) in [6.07, 6.45) is 3.79. The lowest BCUT2D eigenvalue weighted by molar-refractivity contribution is 0.102. The number of nitrogens with one attached hydrogen (secondary N) is 1. The molecule has 23 heavy (non-hydrogen) atoms. The number of aliphatic hydroxyl groups is 1. The molecule has 6 nitrogen and oxygen atoms in total. The molecule has 0 saturated carbocycles. The van der Waals surface area contributed by atoms with E-state index in [-0.39, 0.29) is 17.3 Å². The fraction of sp³-hybridized carbons (Fsp3) is 0. The second-order valence-electron chi connectivity index (χ2n) is 4.42. The van der Waals surface area contributed by atoms with Crippen LogP contribution in [0.1, 0.15) is 16.4 Å². The molecule has 0 unspecified atom stereocenters. The van der Waals surface area contributed by atoms with Crippen LogP contribution < -0.4 is 0 Å². The van der Waals surface area contributed by atoms with Crippen molar-refractivity contribution in [2.24, 2.45) is 0 Å². The second-order valence-corrected chi connectivity index (χ2v) is 6.00. The molecule has 0 fully saturated rings. The monoisotopic (exact) mass is 347 g/mol. The summed E-state index contributed by atoms with van der Waals surface area (Å²) < 4.78 is 5.24. The largest absolute Gasteiger partial charge is 0.504 e. The summed E-state index contributed by atoms with van der Waals surface area (Å²) in [7, 11) is 0. The lowest BCUT2D eigenvalue weighted by atomic mass is 10.2. The van der Waals surface area contributed by atoms with E-state index in [9.17, 15) is 9.90 Å². The minimum absolute atomic E-state index is 0.0423. The van der Waals surface area contributed by atoms with Crippen LogP contribution in [0.4, 0.5) is 0 Å². The summed E-state index contributed by atoms with van der Waals surface area (Å²) in [6.45, 7) is 0. The Morgan fingerprint density at radius 1 is 1.30 bits per heavy atom. The van der Waals surface area contributed by atoms with Crippen molar-refractivity contribution in [2.75, 3.05) is 0 Å². The smallest absolute Gasteiger partial charge is 0.224 e. The number of nitrogens with zero attached hydrogens (tertiary/aromatic N) is 2. The average Bonchev–Trinajstić information content (AvgIpc) is 3.21. The summed E-state index contributed by atoms with van der Waals surface area (Å²) in [4.78, 5) is 17.5. The van der Waals surface area contributed by atoms with E-state index in [1.807, 2.05) is 12.1 Å². The molecule has 2 aromatic heterocycles. The molecule has 0 amide bonds. The zero-order valence-corrected chi connectivity index (χ0v) is 13.1. The maximum atomic E-state index is 12.0. The van der Waals surface area contributed by atoms with Crippen LogP contribution in [0.3, 0.4) is 0 Å². The third kappa shape index (κ3) is 3.82. The zero-order valence-electron chi connectivity index (χ0n) is 11.6. The molecule has 3 rings (SSSR count). The van der Waals surface area contributed by atoms with E-state index in [1.165, 1.54) is 24.4 Å². The molecule has 0 atom stereocenters. The van der Waals surface area contributed by atoms with Gasteiger partial charge in [-0.25, -0.2) is 4.98 Å². The highest BCUT2D eigenvalue weighted by Crippen LogP contribution is 2.30. The highest BCUT2D eigenvalue weighted by molar-refractivity contribution is 7.99. The summed E-state index contributed by atoms with van der Waals surface area (Å²) in [5.41, 5.74) is 0. The van der Waals surface area contributed by atoms with Crippen molar-refractivity contribution in [3.8, 4) is 0 Å². The molecule has 8 heteroatoms. The number of aliphatic hydroxyl groups excluding tert-OH is 1. The predicted molar refractivity (Wildman–Crippen MR) is 85.6 cm³/mol. The fourth-order valence-electron chi connectivity index (χ4n) is 1.73. The Morgan fingerprint density at radius 3 is 2.78 bits per heavy atom. The van der Waals surface area contributed by atoms with Crippen LogP contribution in [0.25, 0.3) is 5.76 Å². The van der Waals surface area contributed by atoms with Crippen molar-refractivity contribution in [3.05, 3.63) is 65.6 Å². The number of benzene rings is 1. The van der Waals surface area contributed by atoms with Gasteiger partial charge in [0.05, 0.1) is 4.90 Å². The van der Waals surface area contributed by atoms with Gasteiger partial charge in [-0.1, -0.05) is 23.4 Å². The first-order valence-electron chi connectivity index (χ1n) is 6.45. The number of aromatic nitrogens is 3. The highest BCUT2D eigenvalue weighted by Gasteiger charge is 2.13. The number of furan rings is 1. The van der Waals surface area contributed by atoms with Crippen molar-refractivity contribution < 1.29 is 14.3 Å². The van der Waals surface area contributed by atoms with Gasteiger partial charge in [-0.05, 0) is 24.3 Å². The van der Waals surface area contributed by atoms with Crippen molar-refractivity contribution in [3.63, 3.8) is 0 Å². The first-order valence-corrected chi connectivity index (χ1v) is 7.64. The number of rotatable bonds is 5. The molecule has 0 saturated heterocycles. The SMILES string of the molecule is O=C(C=C(O)c1nc[nH]n1)c1cc(Sc2ccc(Cl)cc2)co1. The number of ketones is 1. The molecule has 0 aliphatic carbocycles. The Balaban J connectivity index is 1.72. The molecule has 0 bridgehead atoms. The first-order chi connectivity index (χ1) is 11.1. The lowest BCUT2D eigenvalue weighted by Crippen LogP contribution is -1.95. The van der Waals surface area contributed by atoms with Gasteiger partial charge in [0, 0.05) is 22.1 Å². The van der Waals surface area contributed by atoms with Crippen molar-refractivity contribution in [2.45, 2.75) is 9.79 Å². The van der Waals surface area contributed by atoms with Gasteiger partial charge in [0.2, 0.25) is 11.6 Å². The van der Waals surface area contributed by atoms with Crippen molar-refractivity contribution >= 4 is 34.9 Å². The number of carbonyl (C=O) groups is 1. The Kier molecular flexibility index (Phi) is 4.50. The minimum Gasteiger partial charge on any atom is -0.504 e. The Hall–Kier alpha value is -2.51. The molecule has 1 aromatic carbocycles. The molecule has 116 valence electrons. The number of allylic oxidation sites excluding steroid dienone is 1. The van der Waals surface area contributed by atoms with E-state index in [4.69, 9.17) is 16.0 Å². The third-order valence-corrected chi connectivity index (χ3v) is 3.99. The molecular formula is C15H10ClN3O3S. The van der Waals surface area contributed by atoms with Gasteiger partial charge < -0.3 is 9.52 Å². The quantitative estimate of drug-likeness (QED) is 0.412. The average molecular weight is 348 g/mol. The van der Waals surface area contributed by atoms with Gasteiger partial charge in [0.15, 0.2) is 11.5 Å². The van der Waals surface area contributed by atoms with Gasteiger partial charge >= 0.3 is 0 Å². The molecular weight excluding hydrogens is 338 g/mol. The third-order valence-electron chi connectivity index (χ3n) is 2.78. The van der Waals surface area contributed by atoms with Gasteiger partial charge in [0.1, 0.15) is 12.6 Å². The second kappa shape index (κ2) is 6.72. The standard InChI is InChI=1S/C15H10ClN3O3S/c16-9-1-3-10(4-2-9)23-11-5-14(22-7-11)12(20)6-13(21)15-17-8-18-19-15/h1-8,21H,(H,17,18,19). The summed E-state index contributed by atoms with van der Waals surface area (Å²) in [5.74, 6) is -0.654. The summed E-state index contributed by atoms with van der Waals surface area (Å²) in [6, 6.07) is 8.91. The molecule has 0 radical (unpaired) electrons. The van der Waals surface area contributed by atoms with E-state index in [1.54, 1.807) is 18.2 Å². The van der Waals surface area contributed by atoms with Gasteiger partial charge in [-0.15, -0.1) is 0 Å². The predicted octanol–water partition coefficient (Wildman–Crippen LogP) is 3.98. The summed E-state index contributed by atoms with van der Waals surface area (Å²) >= 11 is 7.27. The highest BCUT2D eigenvalue weighted by atomic mass is 35.5. The van der Waals surface area contributed by atoms with E-state index in [0.717, 1.165) is 15.9 Å². The normalized spacial score (nSPS) is 11.6. The van der Waals surface area contributed by atoms with Crippen molar-refractivity contribution in [1.82, 2.24) is 15.2 Å². The van der Waals surface area contributed by atoms with Crippen LogP contribution in [-0.2, 0) is 0 Å². The van der Waals surface area contributed by atoms with Crippen LogP contribution in [0, 0.1) is 0 Å².